The van der Waals surface area contributed by atoms with Crippen molar-refractivity contribution in [3.05, 3.63) is 102 Å². The molecule has 3 aromatic carbocycles. The standard InChI is InChI=1S/C25H25NO2/c1-2-11-23-25(27)26(18-19-12-5-3-6-13-19)22-17-10-9-16-21(22)24(28-23)20-14-7-4-8-15-20/h3-10,12-17,23-24H,2,11,18H2,1H3. The van der Waals surface area contributed by atoms with Crippen LogP contribution in [0.2, 0.25) is 0 Å². The van der Waals surface area contributed by atoms with Crippen LogP contribution < -0.4 is 4.90 Å². The lowest BCUT2D eigenvalue weighted by Crippen LogP contribution is -2.38. The van der Waals surface area contributed by atoms with Crippen molar-refractivity contribution in [3.8, 4) is 0 Å². The highest BCUT2D eigenvalue weighted by atomic mass is 16.5. The van der Waals surface area contributed by atoms with Gasteiger partial charge in [-0.3, -0.25) is 4.79 Å². The number of fused-ring (bicyclic) bond motifs is 1. The molecule has 142 valence electrons. The average molecular weight is 371 g/mol. The molecule has 0 radical (unpaired) electrons. The number of amides is 1. The number of carbonyl (C=O) groups is 1. The van der Waals surface area contributed by atoms with E-state index in [4.69, 9.17) is 4.74 Å². The number of ether oxygens (including phenoxy) is 1. The highest BCUT2D eigenvalue weighted by molar-refractivity contribution is 5.98. The monoisotopic (exact) mass is 371 g/mol. The van der Waals surface area contributed by atoms with Crippen LogP contribution in [0.3, 0.4) is 0 Å². The minimum atomic E-state index is -0.452. The Hall–Kier alpha value is -2.91. The van der Waals surface area contributed by atoms with E-state index in [1.807, 2.05) is 59.5 Å². The lowest BCUT2D eigenvalue weighted by Gasteiger charge is -2.25. The number of para-hydroxylation sites is 1. The summed E-state index contributed by atoms with van der Waals surface area (Å²) in [6.07, 6.45) is 0.902. The van der Waals surface area contributed by atoms with Gasteiger partial charge in [0.05, 0.1) is 12.2 Å². The van der Waals surface area contributed by atoms with Gasteiger partial charge in [0, 0.05) is 5.56 Å². The molecule has 3 aromatic rings. The Morgan fingerprint density at radius 1 is 0.857 bits per heavy atom. The minimum Gasteiger partial charge on any atom is -0.356 e. The normalized spacial score (nSPS) is 19.2. The number of rotatable bonds is 5. The maximum absolute atomic E-state index is 13.5. The number of nitrogens with zero attached hydrogens (tertiary/aromatic N) is 1. The third-order valence-electron chi connectivity index (χ3n) is 5.19. The summed E-state index contributed by atoms with van der Waals surface area (Å²) in [6.45, 7) is 2.63. The summed E-state index contributed by atoms with van der Waals surface area (Å²) >= 11 is 0. The van der Waals surface area contributed by atoms with Crippen molar-refractivity contribution in [2.75, 3.05) is 4.90 Å². The van der Waals surface area contributed by atoms with Crippen LogP contribution in [0.15, 0.2) is 84.9 Å². The van der Waals surface area contributed by atoms with E-state index in [1.54, 1.807) is 0 Å². The second-order valence-corrected chi connectivity index (χ2v) is 7.17. The van der Waals surface area contributed by atoms with Gasteiger partial charge in [0.25, 0.3) is 5.91 Å². The Bertz CT molecular complexity index is 924. The molecule has 0 aromatic heterocycles. The molecule has 0 fully saturated rings. The van der Waals surface area contributed by atoms with Crippen LogP contribution in [0.1, 0.15) is 42.6 Å². The van der Waals surface area contributed by atoms with Gasteiger partial charge < -0.3 is 9.64 Å². The van der Waals surface area contributed by atoms with Gasteiger partial charge in [-0.1, -0.05) is 92.2 Å². The molecular formula is C25H25NO2. The first-order valence-corrected chi connectivity index (χ1v) is 9.92. The van der Waals surface area contributed by atoms with Crippen LogP contribution in [-0.4, -0.2) is 12.0 Å². The molecule has 2 unspecified atom stereocenters. The fourth-order valence-electron chi connectivity index (χ4n) is 3.81. The Morgan fingerprint density at radius 3 is 2.21 bits per heavy atom. The maximum Gasteiger partial charge on any atom is 0.256 e. The van der Waals surface area contributed by atoms with E-state index in [-0.39, 0.29) is 12.0 Å². The van der Waals surface area contributed by atoms with E-state index in [1.165, 1.54) is 0 Å². The molecule has 3 nitrogen and oxygen atoms in total. The molecule has 2 atom stereocenters. The average Bonchev–Trinajstić information content (AvgIpc) is 2.86. The van der Waals surface area contributed by atoms with Crippen molar-refractivity contribution < 1.29 is 9.53 Å². The largest absolute Gasteiger partial charge is 0.356 e. The number of hydrogen-bond donors (Lipinski definition) is 0. The Balaban J connectivity index is 1.81. The highest BCUT2D eigenvalue weighted by Crippen LogP contribution is 2.39. The lowest BCUT2D eigenvalue weighted by atomic mass is 9.99. The SMILES string of the molecule is CCCC1OC(c2ccccc2)c2ccccc2N(Cc2ccccc2)C1=O. The summed E-state index contributed by atoms with van der Waals surface area (Å²) in [5, 5.41) is 0. The number of benzene rings is 3. The summed E-state index contributed by atoms with van der Waals surface area (Å²) in [7, 11) is 0. The summed E-state index contributed by atoms with van der Waals surface area (Å²) < 4.78 is 6.45. The summed E-state index contributed by atoms with van der Waals surface area (Å²) in [6, 6.07) is 28.4. The predicted octanol–water partition coefficient (Wildman–Crippen LogP) is 5.51. The fraction of sp³-hybridized carbons (Fsp3) is 0.240. The number of hydrogen-bond acceptors (Lipinski definition) is 2. The van der Waals surface area contributed by atoms with Gasteiger partial charge in [-0.25, -0.2) is 0 Å². The van der Waals surface area contributed by atoms with E-state index in [2.05, 4.69) is 37.3 Å². The zero-order valence-corrected chi connectivity index (χ0v) is 16.1. The molecule has 3 heteroatoms. The molecule has 4 rings (SSSR count). The van der Waals surface area contributed by atoms with Gasteiger partial charge in [-0.2, -0.15) is 0 Å². The predicted molar refractivity (Wildman–Crippen MR) is 112 cm³/mol. The molecule has 0 bridgehead atoms. The quantitative estimate of drug-likeness (QED) is 0.592. The van der Waals surface area contributed by atoms with Gasteiger partial charge in [-0.05, 0) is 23.6 Å². The molecule has 0 aliphatic carbocycles. The van der Waals surface area contributed by atoms with Crippen molar-refractivity contribution in [2.24, 2.45) is 0 Å². The zero-order chi connectivity index (χ0) is 19.3. The van der Waals surface area contributed by atoms with Crippen LogP contribution in [0, 0.1) is 0 Å². The minimum absolute atomic E-state index is 0.0385. The van der Waals surface area contributed by atoms with E-state index in [9.17, 15) is 4.79 Å². The fourth-order valence-corrected chi connectivity index (χ4v) is 3.81. The smallest absolute Gasteiger partial charge is 0.256 e. The second-order valence-electron chi connectivity index (χ2n) is 7.17. The van der Waals surface area contributed by atoms with Crippen LogP contribution in [-0.2, 0) is 16.1 Å². The molecule has 0 N–H and O–H groups in total. The Labute approximate surface area is 166 Å². The van der Waals surface area contributed by atoms with Gasteiger partial charge in [0.2, 0.25) is 0 Å². The molecule has 0 saturated carbocycles. The van der Waals surface area contributed by atoms with Crippen molar-refractivity contribution in [3.63, 3.8) is 0 Å². The van der Waals surface area contributed by atoms with E-state index in [0.717, 1.165) is 28.8 Å². The van der Waals surface area contributed by atoms with Crippen molar-refractivity contribution in [1.82, 2.24) is 0 Å². The molecule has 1 amide bonds. The summed E-state index contributed by atoms with van der Waals surface area (Å²) in [5.41, 5.74) is 4.16. The van der Waals surface area contributed by atoms with Gasteiger partial charge in [-0.15, -0.1) is 0 Å². The van der Waals surface area contributed by atoms with Crippen molar-refractivity contribution in [2.45, 2.75) is 38.5 Å². The molecule has 1 aliphatic heterocycles. The third-order valence-corrected chi connectivity index (χ3v) is 5.19. The first-order chi connectivity index (χ1) is 13.8. The van der Waals surface area contributed by atoms with Crippen LogP contribution in [0.25, 0.3) is 0 Å². The molecule has 28 heavy (non-hydrogen) atoms. The molecule has 1 heterocycles. The Morgan fingerprint density at radius 2 is 1.50 bits per heavy atom. The third kappa shape index (κ3) is 3.71. The van der Waals surface area contributed by atoms with Gasteiger partial charge >= 0.3 is 0 Å². The first kappa shape index (κ1) is 18.5. The van der Waals surface area contributed by atoms with Crippen molar-refractivity contribution >= 4 is 11.6 Å². The molecule has 1 aliphatic rings. The van der Waals surface area contributed by atoms with Gasteiger partial charge in [0.1, 0.15) is 12.2 Å². The molecule has 0 saturated heterocycles. The van der Waals surface area contributed by atoms with E-state index >= 15 is 0 Å². The van der Waals surface area contributed by atoms with Crippen molar-refractivity contribution in [1.29, 1.82) is 0 Å². The van der Waals surface area contributed by atoms with Crippen LogP contribution in [0.5, 0.6) is 0 Å². The summed E-state index contributed by atoms with van der Waals surface area (Å²) in [4.78, 5) is 15.4. The second kappa shape index (κ2) is 8.41. The highest BCUT2D eigenvalue weighted by Gasteiger charge is 2.35. The zero-order valence-electron chi connectivity index (χ0n) is 16.1. The number of anilines is 1. The van der Waals surface area contributed by atoms with E-state index < -0.39 is 6.10 Å². The first-order valence-electron chi connectivity index (χ1n) is 9.92. The number of carbonyl (C=O) groups excluding carboxylic acids is 1. The molecule has 0 spiro atoms. The maximum atomic E-state index is 13.5. The molecular weight excluding hydrogens is 346 g/mol. The van der Waals surface area contributed by atoms with Crippen LogP contribution >= 0.6 is 0 Å². The Kier molecular flexibility index (Phi) is 5.54. The van der Waals surface area contributed by atoms with Gasteiger partial charge in [0.15, 0.2) is 0 Å². The van der Waals surface area contributed by atoms with E-state index in [0.29, 0.717) is 13.0 Å². The lowest BCUT2D eigenvalue weighted by molar-refractivity contribution is -0.132. The topological polar surface area (TPSA) is 29.5 Å². The summed E-state index contributed by atoms with van der Waals surface area (Å²) in [5.74, 6) is 0.0385. The van der Waals surface area contributed by atoms with Crippen LogP contribution in [0.4, 0.5) is 5.69 Å².